The van der Waals surface area contributed by atoms with Gasteiger partial charge >= 0.3 is 0 Å². The second kappa shape index (κ2) is 6.00. The van der Waals surface area contributed by atoms with Gasteiger partial charge in [-0.15, -0.1) is 0 Å². The summed E-state index contributed by atoms with van der Waals surface area (Å²) in [5, 5.41) is 7.29. The molecule has 0 heterocycles. The Balaban J connectivity index is 2.16. The summed E-state index contributed by atoms with van der Waals surface area (Å²) >= 11 is 3.14. The van der Waals surface area contributed by atoms with Crippen LogP contribution in [-0.4, -0.2) is 5.84 Å². The van der Waals surface area contributed by atoms with E-state index in [0.29, 0.717) is 10.0 Å². The highest BCUT2D eigenvalue weighted by molar-refractivity contribution is 9.10. The molecule has 0 amide bonds. The van der Waals surface area contributed by atoms with Gasteiger partial charge in [-0.2, -0.15) is 0 Å². The normalized spacial score (nSPS) is 10.3. The minimum Gasteiger partial charge on any atom is -0.486 e. The summed E-state index contributed by atoms with van der Waals surface area (Å²) < 4.78 is 32.8. The highest BCUT2D eigenvalue weighted by atomic mass is 79.9. The van der Waals surface area contributed by atoms with Crippen molar-refractivity contribution in [2.45, 2.75) is 6.61 Å². The van der Waals surface area contributed by atoms with E-state index in [2.05, 4.69) is 15.9 Å². The summed E-state index contributed by atoms with van der Waals surface area (Å²) in [6.07, 6.45) is 0. The van der Waals surface area contributed by atoms with Crippen LogP contribution in [0.2, 0.25) is 0 Å². The maximum atomic E-state index is 13.6. The molecule has 20 heavy (non-hydrogen) atoms. The van der Waals surface area contributed by atoms with Crippen LogP contribution in [-0.2, 0) is 6.61 Å². The van der Waals surface area contributed by atoms with Gasteiger partial charge in [0.05, 0.1) is 0 Å². The number of nitrogen functional groups attached to an aromatic ring is 1. The molecule has 104 valence electrons. The van der Waals surface area contributed by atoms with Gasteiger partial charge in [0, 0.05) is 10.0 Å². The van der Waals surface area contributed by atoms with Crippen LogP contribution in [0.1, 0.15) is 11.1 Å². The number of amidine groups is 1. The van der Waals surface area contributed by atoms with Crippen LogP contribution in [0.25, 0.3) is 0 Å². The Kier molecular flexibility index (Phi) is 4.34. The zero-order chi connectivity index (χ0) is 14.7. The number of hydrogen-bond donors (Lipinski definition) is 2. The van der Waals surface area contributed by atoms with E-state index in [1.54, 1.807) is 6.07 Å². The van der Waals surface area contributed by atoms with E-state index in [1.807, 2.05) is 0 Å². The predicted octanol–water partition coefficient (Wildman–Crippen LogP) is 3.59. The molecule has 0 aliphatic carbocycles. The van der Waals surface area contributed by atoms with Gasteiger partial charge < -0.3 is 10.5 Å². The van der Waals surface area contributed by atoms with E-state index in [1.165, 1.54) is 24.3 Å². The first-order valence-corrected chi connectivity index (χ1v) is 6.47. The Labute approximate surface area is 123 Å². The highest BCUT2D eigenvalue weighted by Gasteiger charge is 2.07. The quantitative estimate of drug-likeness (QED) is 0.660. The summed E-state index contributed by atoms with van der Waals surface area (Å²) in [5.41, 5.74) is 6.04. The fourth-order valence-corrected chi connectivity index (χ4v) is 1.98. The largest absolute Gasteiger partial charge is 0.486 e. The monoisotopic (exact) mass is 340 g/mol. The van der Waals surface area contributed by atoms with Crippen molar-refractivity contribution < 1.29 is 13.5 Å². The Bertz CT molecular complexity index is 662. The van der Waals surface area contributed by atoms with Crippen molar-refractivity contribution >= 4 is 21.8 Å². The van der Waals surface area contributed by atoms with Crippen LogP contribution < -0.4 is 10.5 Å². The van der Waals surface area contributed by atoms with Crippen molar-refractivity contribution in [3.05, 3.63) is 63.6 Å². The van der Waals surface area contributed by atoms with Gasteiger partial charge in [0.15, 0.2) is 11.6 Å². The average molecular weight is 341 g/mol. The Hall–Kier alpha value is -1.95. The van der Waals surface area contributed by atoms with Crippen LogP contribution in [0.5, 0.6) is 5.75 Å². The van der Waals surface area contributed by atoms with Crippen LogP contribution in [0.15, 0.2) is 40.9 Å². The number of hydrogen-bond acceptors (Lipinski definition) is 2. The summed E-state index contributed by atoms with van der Waals surface area (Å²) in [7, 11) is 0. The van der Waals surface area contributed by atoms with Gasteiger partial charge in [-0.1, -0.05) is 15.9 Å². The number of rotatable bonds is 4. The number of benzene rings is 2. The van der Waals surface area contributed by atoms with Crippen molar-refractivity contribution in [2.24, 2.45) is 5.73 Å². The number of halogens is 3. The van der Waals surface area contributed by atoms with Gasteiger partial charge in [-0.25, -0.2) is 8.78 Å². The molecule has 0 aromatic heterocycles. The molecule has 0 unspecified atom stereocenters. The van der Waals surface area contributed by atoms with Crippen molar-refractivity contribution in [2.75, 3.05) is 0 Å². The Morgan fingerprint density at radius 1 is 1.20 bits per heavy atom. The molecular formula is C14H11BrF2N2O. The molecule has 0 radical (unpaired) electrons. The van der Waals surface area contributed by atoms with E-state index >= 15 is 0 Å². The third kappa shape index (κ3) is 3.54. The lowest BCUT2D eigenvalue weighted by Gasteiger charge is -2.09. The molecule has 0 saturated heterocycles. The van der Waals surface area contributed by atoms with Crippen molar-refractivity contribution in [3.8, 4) is 5.75 Å². The van der Waals surface area contributed by atoms with E-state index < -0.39 is 11.6 Å². The molecule has 0 fully saturated rings. The minimum absolute atomic E-state index is 0.0173. The number of nitrogens with two attached hydrogens (primary N) is 1. The second-order valence-corrected chi connectivity index (χ2v) is 5.04. The van der Waals surface area contributed by atoms with Gasteiger partial charge in [0.1, 0.15) is 18.3 Å². The zero-order valence-corrected chi connectivity index (χ0v) is 11.9. The van der Waals surface area contributed by atoms with Gasteiger partial charge in [0.2, 0.25) is 0 Å². The standard InChI is InChI=1S/C14H11BrF2N2O/c15-10-1-2-13(12(17)6-10)20-7-8-3-9(14(18)19)5-11(16)4-8/h1-6H,7H2,(H3,18,19). The minimum atomic E-state index is -0.521. The molecule has 0 saturated carbocycles. The lowest BCUT2D eigenvalue weighted by molar-refractivity contribution is 0.289. The molecule has 3 nitrogen and oxygen atoms in total. The van der Waals surface area contributed by atoms with E-state index in [9.17, 15) is 8.78 Å². The third-order valence-electron chi connectivity index (χ3n) is 2.56. The molecule has 0 aliphatic heterocycles. The van der Waals surface area contributed by atoms with Gasteiger partial charge in [-0.05, 0) is 42.0 Å². The van der Waals surface area contributed by atoms with Gasteiger partial charge in [-0.3, -0.25) is 5.41 Å². The molecule has 2 rings (SSSR count). The summed E-state index contributed by atoms with van der Waals surface area (Å²) in [5.74, 6) is -1.20. The van der Waals surface area contributed by atoms with E-state index in [4.69, 9.17) is 15.9 Å². The number of nitrogens with one attached hydrogen (secondary N) is 1. The van der Waals surface area contributed by atoms with Crippen LogP contribution in [0, 0.1) is 17.0 Å². The molecule has 0 atom stereocenters. The molecule has 0 aliphatic rings. The molecule has 2 aromatic carbocycles. The van der Waals surface area contributed by atoms with Crippen LogP contribution >= 0.6 is 15.9 Å². The van der Waals surface area contributed by atoms with E-state index in [0.717, 1.165) is 6.07 Å². The van der Waals surface area contributed by atoms with Crippen LogP contribution in [0.3, 0.4) is 0 Å². The summed E-state index contributed by atoms with van der Waals surface area (Å²) in [6.45, 7) is -0.0173. The first kappa shape index (κ1) is 14.5. The molecule has 0 spiro atoms. The van der Waals surface area contributed by atoms with Crippen molar-refractivity contribution in [1.82, 2.24) is 0 Å². The maximum Gasteiger partial charge on any atom is 0.166 e. The van der Waals surface area contributed by atoms with Crippen molar-refractivity contribution in [3.63, 3.8) is 0 Å². The lowest BCUT2D eigenvalue weighted by atomic mass is 10.1. The smallest absolute Gasteiger partial charge is 0.166 e. The molecular weight excluding hydrogens is 330 g/mol. The first-order valence-electron chi connectivity index (χ1n) is 5.67. The highest BCUT2D eigenvalue weighted by Crippen LogP contribution is 2.22. The summed E-state index contributed by atoms with van der Waals surface area (Å²) in [6, 6.07) is 8.34. The topological polar surface area (TPSA) is 59.1 Å². The van der Waals surface area contributed by atoms with Crippen LogP contribution in [0.4, 0.5) is 8.78 Å². The predicted molar refractivity (Wildman–Crippen MR) is 75.8 cm³/mol. The number of ether oxygens (including phenoxy) is 1. The fourth-order valence-electron chi connectivity index (χ4n) is 1.64. The zero-order valence-electron chi connectivity index (χ0n) is 10.3. The molecule has 2 aromatic rings. The molecule has 6 heteroatoms. The second-order valence-electron chi connectivity index (χ2n) is 4.13. The average Bonchev–Trinajstić information content (AvgIpc) is 2.37. The maximum absolute atomic E-state index is 13.6. The first-order chi connectivity index (χ1) is 9.45. The Morgan fingerprint density at radius 3 is 2.60 bits per heavy atom. The third-order valence-corrected chi connectivity index (χ3v) is 3.05. The lowest BCUT2D eigenvalue weighted by Crippen LogP contribution is -2.12. The SMILES string of the molecule is N=C(N)c1cc(F)cc(COc2ccc(Br)cc2F)c1. The Morgan fingerprint density at radius 2 is 1.95 bits per heavy atom. The van der Waals surface area contributed by atoms with Gasteiger partial charge in [0.25, 0.3) is 0 Å². The summed E-state index contributed by atoms with van der Waals surface area (Å²) in [4.78, 5) is 0. The molecule has 0 bridgehead atoms. The van der Waals surface area contributed by atoms with Crippen molar-refractivity contribution in [1.29, 1.82) is 5.41 Å². The molecule has 3 N–H and O–H groups in total. The fraction of sp³-hybridized carbons (Fsp3) is 0.0714. The van der Waals surface area contributed by atoms with E-state index in [-0.39, 0.29) is 23.8 Å².